The van der Waals surface area contributed by atoms with Crippen LogP contribution in [0.25, 0.3) is 0 Å². The Labute approximate surface area is 115 Å². The third-order valence-electron chi connectivity index (χ3n) is 3.27. The van der Waals surface area contributed by atoms with Gasteiger partial charge in [0.25, 0.3) is 0 Å². The maximum atomic E-state index is 6.19. The number of benzene rings is 1. The number of rotatable bonds is 5. The fourth-order valence-electron chi connectivity index (χ4n) is 1.30. The molecular formula is C14H23ClN2O. The predicted molar refractivity (Wildman–Crippen MR) is 77.3 cm³/mol. The maximum Gasteiger partial charge on any atom is 0.138 e. The molecule has 0 saturated heterocycles. The highest BCUT2D eigenvalue weighted by atomic mass is 35.5. The number of ether oxygens (including phenoxy) is 1. The maximum absolute atomic E-state index is 6.19. The van der Waals surface area contributed by atoms with E-state index in [1.54, 1.807) is 0 Å². The number of hydrogen-bond donors (Lipinski definition) is 1. The number of nitrogens with zero attached hydrogens (tertiary/aromatic N) is 1. The summed E-state index contributed by atoms with van der Waals surface area (Å²) in [7, 11) is 4.06. The van der Waals surface area contributed by atoms with E-state index in [0.717, 1.165) is 5.56 Å². The van der Waals surface area contributed by atoms with E-state index in [2.05, 4.69) is 18.7 Å². The molecule has 1 rings (SSSR count). The van der Waals surface area contributed by atoms with Crippen molar-refractivity contribution in [3.63, 3.8) is 0 Å². The first-order chi connectivity index (χ1) is 8.24. The lowest BCUT2D eigenvalue weighted by atomic mass is 10.1. The van der Waals surface area contributed by atoms with E-state index >= 15 is 0 Å². The molecule has 0 aliphatic rings. The Morgan fingerprint density at radius 2 is 2.00 bits per heavy atom. The van der Waals surface area contributed by atoms with Crippen LogP contribution >= 0.6 is 11.6 Å². The van der Waals surface area contributed by atoms with Gasteiger partial charge in [-0.2, -0.15) is 0 Å². The van der Waals surface area contributed by atoms with Gasteiger partial charge in [-0.25, -0.2) is 0 Å². The van der Waals surface area contributed by atoms with Crippen molar-refractivity contribution in [2.24, 2.45) is 5.73 Å². The first-order valence-electron chi connectivity index (χ1n) is 6.09. The first-order valence-corrected chi connectivity index (χ1v) is 6.47. The standard InChI is InChI=1S/C14H23ClN2O/c1-10(16)11-6-7-13(12(15)8-11)18-9-14(2,3)17(4)5/h6-8,10H,9,16H2,1-5H3/t10-/m1/s1. The summed E-state index contributed by atoms with van der Waals surface area (Å²) in [5, 5.41) is 0.611. The lowest BCUT2D eigenvalue weighted by Gasteiger charge is -2.32. The first kappa shape index (κ1) is 15.3. The van der Waals surface area contributed by atoms with Gasteiger partial charge in [0.15, 0.2) is 0 Å². The summed E-state index contributed by atoms with van der Waals surface area (Å²) in [4.78, 5) is 2.12. The third kappa shape index (κ3) is 3.87. The molecule has 0 aliphatic heterocycles. The molecule has 18 heavy (non-hydrogen) atoms. The van der Waals surface area contributed by atoms with Crippen LogP contribution < -0.4 is 10.5 Å². The molecule has 1 atom stereocenters. The Hall–Kier alpha value is -0.770. The van der Waals surface area contributed by atoms with Crippen LogP contribution in [0.1, 0.15) is 32.4 Å². The Balaban J connectivity index is 2.75. The average Bonchev–Trinajstić information content (AvgIpc) is 2.26. The van der Waals surface area contributed by atoms with Gasteiger partial charge in [0.2, 0.25) is 0 Å². The summed E-state index contributed by atoms with van der Waals surface area (Å²) in [5.74, 6) is 0.705. The number of likely N-dealkylation sites (N-methyl/N-ethyl adjacent to an activating group) is 1. The molecule has 0 heterocycles. The van der Waals surface area contributed by atoms with Crippen molar-refractivity contribution in [1.82, 2.24) is 4.90 Å². The Morgan fingerprint density at radius 3 is 2.44 bits per heavy atom. The van der Waals surface area contributed by atoms with Crippen LogP contribution in [-0.4, -0.2) is 31.1 Å². The molecule has 1 aromatic rings. The van der Waals surface area contributed by atoms with E-state index in [0.29, 0.717) is 17.4 Å². The van der Waals surface area contributed by atoms with Crippen molar-refractivity contribution in [3.8, 4) is 5.75 Å². The summed E-state index contributed by atoms with van der Waals surface area (Å²) in [6, 6.07) is 5.68. The van der Waals surface area contributed by atoms with E-state index in [1.165, 1.54) is 0 Å². The van der Waals surface area contributed by atoms with Gasteiger partial charge in [-0.05, 0) is 52.6 Å². The minimum atomic E-state index is -0.0385. The van der Waals surface area contributed by atoms with Crippen molar-refractivity contribution in [2.75, 3.05) is 20.7 Å². The molecule has 0 saturated carbocycles. The topological polar surface area (TPSA) is 38.5 Å². The van der Waals surface area contributed by atoms with Crippen LogP contribution in [0.4, 0.5) is 0 Å². The van der Waals surface area contributed by atoms with Crippen LogP contribution in [0.3, 0.4) is 0 Å². The SMILES string of the molecule is C[C@@H](N)c1ccc(OCC(C)(C)N(C)C)c(Cl)c1. The highest BCUT2D eigenvalue weighted by Crippen LogP contribution is 2.28. The largest absolute Gasteiger partial charge is 0.490 e. The van der Waals surface area contributed by atoms with Crippen LogP contribution in [0.5, 0.6) is 5.75 Å². The average molecular weight is 271 g/mol. The third-order valence-corrected chi connectivity index (χ3v) is 3.57. The second-order valence-electron chi connectivity index (χ2n) is 5.47. The second kappa shape index (κ2) is 5.91. The fraction of sp³-hybridized carbons (Fsp3) is 0.571. The molecule has 0 radical (unpaired) electrons. The number of hydrogen-bond acceptors (Lipinski definition) is 3. The van der Waals surface area contributed by atoms with Gasteiger partial charge >= 0.3 is 0 Å². The second-order valence-corrected chi connectivity index (χ2v) is 5.88. The van der Waals surface area contributed by atoms with Crippen LogP contribution in [0.15, 0.2) is 18.2 Å². The zero-order valence-corrected chi connectivity index (χ0v) is 12.6. The van der Waals surface area contributed by atoms with Crippen molar-refractivity contribution >= 4 is 11.6 Å². The Kier molecular flexibility index (Phi) is 5.02. The lowest BCUT2D eigenvalue weighted by Crippen LogP contribution is -2.43. The number of nitrogens with two attached hydrogens (primary N) is 1. The highest BCUT2D eigenvalue weighted by Gasteiger charge is 2.21. The van der Waals surface area contributed by atoms with Crippen molar-refractivity contribution in [2.45, 2.75) is 32.4 Å². The zero-order valence-electron chi connectivity index (χ0n) is 11.8. The quantitative estimate of drug-likeness (QED) is 0.894. The van der Waals surface area contributed by atoms with Gasteiger partial charge in [-0.1, -0.05) is 17.7 Å². The molecule has 2 N–H and O–H groups in total. The molecule has 0 aliphatic carbocycles. The molecule has 0 bridgehead atoms. The molecule has 1 aromatic carbocycles. The predicted octanol–water partition coefficient (Wildman–Crippen LogP) is 3.08. The molecule has 0 spiro atoms. The minimum absolute atomic E-state index is 0.0187. The van der Waals surface area contributed by atoms with Crippen molar-refractivity contribution < 1.29 is 4.74 Å². The van der Waals surface area contributed by atoms with E-state index in [4.69, 9.17) is 22.1 Å². The molecule has 0 amide bonds. The normalized spacial score (nSPS) is 13.8. The molecular weight excluding hydrogens is 248 g/mol. The smallest absolute Gasteiger partial charge is 0.138 e. The van der Waals surface area contributed by atoms with E-state index < -0.39 is 0 Å². The van der Waals surface area contributed by atoms with Gasteiger partial charge in [0.05, 0.1) is 5.02 Å². The molecule has 3 nitrogen and oxygen atoms in total. The molecule has 0 aromatic heterocycles. The summed E-state index contributed by atoms with van der Waals surface area (Å²) < 4.78 is 5.78. The Morgan fingerprint density at radius 1 is 1.39 bits per heavy atom. The van der Waals surface area contributed by atoms with Gasteiger partial charge < -0.3 is 15.4 Å². The highest BCUT2D eigenvalue weighted by molar-refractivity contribution is 6.32. The van der Waals surface area contributed by atoms with E-state index in [1.807, 2.05) is 39.2 Å². The summed E-state index contributed by atoms with van der Waals surface area (Å²) in [5.41, 5.74) is 6.78. The molecule has 0 unspecified atom stereocenters. The van der Waals surface area contributed by atoms with Crippen molar-refractivity contribution in [1.29, 1.82) is 0 Å². The van der Waals surface area contributed by atoms with Gasteiger partial charge in [-0.3, -0.25) is 0 Å². The lowest BCUT2D eigenvalue weighted by molar-refractivity contribution is 0.114. The van der Waals surface area contributed by atoms with Gasteiger partial charge in [0, 0.05) is 11.6 Å². The van der Waals surface area contributed by atoms with Crippen LogP contribution in [-0.2, 0) is 0 Å². The number of halogens is 1. The van der Waals surface area contributed by atoms with Crippen LogP contribution in [0, 0.1) is 0 Å². The van der Waals surface area contributed by atoms with Crippen LogP contribution in [0.2, 0.25) is 5.02 Å². The minimum Gasteiger partial charge on any atom is -0.490 e. The molecule has 102 valence electrons. The molecule has 4 heteroatoms. The zero-order chi connectivity index (χ0) is 13.9. The summed E-state index contributed by atoms with van der Waals surface area (Å²) in [6.45, 7) is 6.76. The van der Waals surface area contributed by atoms with Gasteiger partial charge in [0.1, 0.15) is 12.4 Å². The van der Waals surface area contributed by atoms with E-state index in [9.17, 15) is 0 Å². The Bertz CT molecular complexity index is 403. The summed E-state index contributed by atoms with van der Waals surface area (Å²) in [6.07, 6.45) is 0. The van der Waals surface area contributed by atoms with Crippen molar-refractivity contribution in [3.05, 3.63) is 28.8 Å². The summed E-state index contributed by atoms with van der Waals surface area (Å²) >= 11 is 6.19. The van der Waals surface area contributed by atoms with E-state index in [-0.39, 0.29) is 11.6 Å². The van der Waals surface area contributed by atoms with Gasteiger partial charge in [-0.15, -0.1) is 0 Å². The monoisotopic (exact) mass is 270 g/mol. The molecule has 0 fully saturated rings. The fourth-order valence-corrected chi connectivity index (χ4v) is 1.54.